The Labute approximate surface area is 85.6 Å². The summed E-state index contributed by atoms with van der Waals surface area (Å²) in [6, 6.07) is 0. The SMILES string of the molecule is Nc1c(F)cnc(N2CCOCC2)c1F. The molecule has 0 bridgehead atoms. The predicted molar refractivity (Wildman–Crippen MR) is 51.6 cm³/mol. The maximum atomic E-state index is 13.5. The van der Waals surface area contributed by atoms with Crippen molar-refractivity contribution >= 4 is 11.5 Å². The second-order valence-electron chi connectivity index (χ2n) is 3.26. The number of hydrogen-bond donors (Lipinski definition) is 1. The summed E-state index contributed by atoms with van der Waals surface area (Å²) < 4.78 is 31.5. The molecular formula is C9H11F2N3O. The topological polar surface area (TPSA) is 51.4 Å². The molecule has 1 aliphatic heterocycles. The minimum atomic E-state index is -0.829. The third-order valence-electron chi connectivity index (χ3n) is 2.30. The fourth-order valence-corrected chi connectivity index (χ4v) is 1.46. The van der Waals surface area contributed by atoms with E-state index < -0.39 is 17.3 Å². The van der Waals surface area contributed by atoms with E-state index in [1.807, 2.05) is 0 Å². The highest BCUT2D eigenvalue weighted by Crippen LogP contribution is 2.23. The molecule has 0 spiro atoms. The van der Waals surface area contributed by atoms with Crippen molar-refractivity contribution in [2.75, 3.05) is 36.9 Å². The summed E-state index contributed by atoms with van der Waals surface area (Å²) >= 11 is 0. The number of aromatic nitrogens is 1. The molecule has 0 atom stereocenters. The van der Waals surface area contributed by atoms with E-state index in [9.17, 15) is 8.78 Å². The largest absolute Gasteiger partial charge is 0.394 e. The highest BCUT2D eigenvalue weighted by atomic mass is 19.1. The fourth-order valence-electron chi connectivity index (χ4n) is 1.46. The van der Waals surface area contributed by atoms with Crippen LogP contribution in [0, 0.1) is 11.6 Å². The van der Waals surface area contributed by atoms with Crippen molar-refractivity contribution < 1.29 is 13.5 Å². The molecule has 1 aromatic rings. The van der Waals surface area contributed by atoms with E-state index in [2.05, 4.69) is 4.98 Å². The van der Waals surface area contributed by atoms with Crippen molar-refractivity contribution in [2.45, 2.75) is 0 Å². The van der Waals surface area contributed by atoms with Crippen LogP contribution in [0.15, 0.2) is 6.20 Å². The van der Waals surface area contributed by atoms with Gasteiger partial charge in [0.1, 0.15) is 5.69 Å². The Hall–Kier alpha value is -1.43. The summed E-state index contributed by atoms with van der Waals surface area (Å²) in [7, 11) is 0. The maximum Gasteiger partial charge on any atom is 0.191 e. The van der Waals surface area contributed by atoms with Gasteiger partial charge in [-0.15, -0.1) is 0 Å². The lowest BCUT2D eigenvalue weighted by molar-refractivity contribution is 0.122. The third kappa shape index (κ3) is 1.85. The molecule has 1 aliphatic rings. The zero-order valence-corrected chi connectivity index (χ0v) is 8.04. The third-order valence-corrected chi connectivity index (χ3v) is 2.30. The van der Waals surface area contributed by atoms with Crippen molar-refractivity contribution in [3.05, 3.63) is 17.8 Å². The number of pyridine rings is 1. The van der Waals surface area contributed by atoms with E-state index in [-0.39, 0.29) is 5.82 Å². The van der Waals surface area contributed by atoms with Gasteiger partial charge in [-0.25, -0.2) is 13.8 Å². The number of nitrogens with two attached hydrogens (primary N) is 1. The van der Waals surface area contributed by atoms with Gasteiger partial charge < -0.3 is 15.4 Å². The fraction of sp³-hybridized carbons (Fsp3) is 0.444. The maximum absolute atomic E-state index is 13.5. The molecule has 0 radical (unpaired) electrons. The lowest BCUT2D eigenvalue weighted by atomic mass is 10.3. The molecule has 82 valence electrons. The van der Waals surface area contributed by atoms with Gasteiger partial charge >= 0.3 is 0 Å². The lowest BCUT2D eigenvalue weighted by Gasteiger charge is -2.28. The van der Waals surface area contributed by atoms with Gasteiger partial charge in [-0.3, -0.25) is 0 Å². The molecule has 2 heterocycles. The van der Waals surface area contributed by atoms with E-state index in [0.29, 0.717) is 26.3 Å². The standard InChI is InChI=1S/C9H11F2N3O/c10-6-5-13-9(7(11)8(6)12)14-1-3-15-4-2-14/h5H,1-4H2,(H2,12,13). The van der Waals surface area contributed by atoms with Crippen LogP contribution < -0.4 is 10.6 Å². The molecule has 0 amide bonds. The zero-order valence-electron chi connectivity index (χ0n) is 8.04. The van der Waals surface area contributed by atoms with Gasteiger partial charge in [0.25, 0.3) is 0 Å². The number of ether oxygens (including phenoxy) is 1. The molecule has 2 N–H and O–H groups in total. The molecule has 15 heavy (non-hydrogen) atoms. The molecule has 1 saturated heterocycles. The second-order valence-corrected chi connectivity index (χ2v) is 3.26. The molecule has 0 aliphatic carbocycles. The first-order chi connectivity index (χ1) is 7.20. The Morgan fingerprint density at radius 1 is 1.33 bits per heavy atom. The molecule has 0 unspecified atom stereocenters. The first-order valence-electron chi connectivity index (χ1n) is 4.62. The van der Waals surface area contributed by atoms with Crippen LogP contribution in [0.1, 0.15) is 0 Å². The number of nitrogen functional groups attached to an aromatic ring is 1. The lowest BCUT2D eigenvalue weighted by Crippen LogP contribution is -2.37. The van der Waals surface area contributed by atoms with Gasteiger partial charge in [0.15, 0.2) is 17.5 Å². The van der Waals surface area contributed by atoms with Crippen molar-refractivity contribution in [1.82, 2.24) is 4.98 Å². The van der Waals surface area contributed by atoms with Crippen molar-refractivity contribution in [1.29, 1.82) is 0 Å². The molecule has 0 saturated carbocycles. The van der Waals surface area contributed by atoms with Crippen molar-refractivity contribution in [3.63, 3.8) is 0 Å². The van der Waals surface area contributed by atoms with Crippen LogP contribution in [0.25, 0.3) is 0 Å². The number of anilines is 2. The van der Waals surface area contributed by atoms with Crippen LogP contribution in [0.4, 0.5) is 20.3 Å². The Bertz CT molecular complexity index is 367. The minimum Gasteiger partial charge on any atom is -0.394 e. The van der Waals surface area contributed by atoms with Crippen molar-refractivity contribution in [3.8, 4) is 0 Å². The van der Waals surface area contributed by atoms with Gasteiger partial charge in [-0.1, -0.05) is 0 Å². The molecule has 1 fully saturated rings. The van der Waals surface area contributed by atoms with Gasteiger partial charge in [-0.2, -0.15) is 0 Å². The summed E-state index contributed by atoms with van der Waals surface area (Å²) in [6.07, 6.45) is 0.934. The quantitative estimate of drug-likeness (QED) is 0.752. The minimum absolute atomic E-state index is 0.0946. The number of hydrogen-bond acceptors (Lipinski definition) is 4. The number of morpholine rings is 1. The summed E-state index contributed by atoms with van der Waals surface area (Å²) in [4.78, 5) is 5.39. The average molecular weight is 215 g/mol. The van der Waals surface area contributed by atoms with Gasteiger partial charge in [0, 0.05) is 13.1 Å². The van der Waals surface area contributed by atoms with Gasteiger partial charge in [0.2, 0.25) is 0 Å². The number of rotatable bonds is 1. The Kier molecular flexibility index (Phi) is 2.68. The summed E-state index contributed by atoms with van der Waals surface area (Å²) in [5.74, 6) is -1.53. The van der Waals surface area contributed by atoms with Crippen LogP contribution >= 0.6 is 0 Å². The number of nitrogens with zero attached hydrogens (tertiary/aromatic N) is 2. The predicted octanol–water partition coefficient (Wildman–Crippen LogP) is 0.779. The van der Waals surface area contributed by atoms with E-state index >= 15 is 0 Å². The monoisotopic (exact) mass is 215 g/mol. The van der Waals surface area contributed by atoms with Gasteiger partial charge in [0.05, 0.1) is 19.4 Å². The second kappa shape index (κ2) is 3.98. The van der Waals surface area contributed by atoms with E-state index in [1.54, 1.807) is 4.90 Å². The highest BCUT2D eigenvalue weighted by molar-refractivity contribution is 5.53. The summed E-state index contributed by atoms with van der Waals surface area (Å²) in [5.41, 5.74) is 4.76. The molecule has 6 heteroatoms. The van der Waals surface area contributed by atoms with Crippen LogP contribution in [0.3, 0.4) is 0 Å². The van der Waals surface area contributed by atoms with Gasteiger partial charge in [-0.05, 0) is 0 Å². The molecule has 2 rings (SSSR count). The number of halogens is 2. The summed E-state index contributed by atoms with van der Waals surface area (Å²) in [6.45, 7) is 2.10. The Balaban J connectivity index is 2.31. The van der Waals surface area contributed by atoms with E-state index in [1.165, 1.54) is 0 Å². The van der Waals surface area contributed by atoms with Crippen molar-refractivity contribution in [2.24, 2.45) is 0 Å². The van der Waals surface area contributed by atoms with Crippen LogP contribution in [0.2, 0.25) is 0 Å². The first kappa shape index (κ1) is 10.1. The molecular weight excluding hydrogens is 204 g/mol. The van der Waals surface area contributed by atoms with E-state index in [0.717, 1.165) is 6.20 Å². The van der Waals surface area contributed by atoms with Crippen LogP contribution in [-0.4, -0.2) is 31.3 Å². The normalized spacial score (nSPS) is 16.8. The van der Waals surface area contributed by atoms with E-state index in [4.69, 9.17) is 10.5 Å². The van der Waals surface area contributed by atoms with Crippen LogP contribution in [0.5, 0.6) is 0 Å². The molecule has 4 nitrogen and oxygen atoms in total. The Morgan fingerprint density at radius 2 is 2.00 bits per heavy atom. The molecule has 0 aromatic carbocycles. The summed E-state index contributed by atoms with van der Waals surface area (Å²) in [5, 5.41) is 0. The van der Waals surface area contributed by atoms with Crippen LogP contribution in [-0.2, 0) is 4.74 Å². The Morgan fingerprint density at radius 3 is 2.67 bits per heavy atom. The first-order valence-corrected chi connectivity index (χ1v) is 4.62. The zero-order chi connectivity index (χ0) is 10.8. The molecule has 1 aromatic heterocycles. The average Bonchev–Trinajstić information content (AvgIpc) is 2.27. The highest BCUT2D eigenvalue weighted by Gasteiger charge is 2.19. The smallest absolute Gasteiger partial charge is 0.191 e.